The summed E-state index contributed by atoms with van der Waals surface area (Å²) < 4.78 is 5.58. The Bertz CT molecular complexity index is 752. The van der Waals surface area contributed by atoms with Gasteiger partial charge in [0.25, 0.3) is 0 Å². The average Bonchev–Trinajstić information content (AvgIpc) is 2.81. The second-order valence-electron chi connectivity index (χ2n) is 3.86. The maximum atomic E-state index is 9.36. The minimum Gasteiger partial charge on any atom is -0.508 e. The largest absolute Gasteiger partial charge is 0.508 e. The number of nitriles is 1. The molecule has 1 heterocycles. The molecule has 0 aliphatic heterocycles. The van der Waals surface area contributed by atoms with Crippen molar-refractivity contribution in [3.63, 3.8) is 0 Å². The highest BCUT2D eigenvalue weighted by molar-refractivity contribution is 5.77. The van der Waals surface area contributed by atoms with Gasteiger partial charge in [-0.05, 0) is 36.4 Å². The third-order valence-corrected chi connectivity index (χ3v) is 2.63. The topological polar surface area (TPSA) is 70.0 Å². The van der Waals surface area contributed by atoms with Crippen molar-refractivity contribution in [1.82, 2.24) is 4.98 Å². The molecule has 0 saturated carbocycles. The van der Waals surface area contributed by atoms with E-state index >= 15 is 0 Å². The van der Waals surface area contributed by atoms with Crippen LogP contribution in [0.4, 0.5) is 0 Å². The number of rotatable bonds is 1. The summed E-state index contributed by atoms with van der Waals surface area (Å²) in [7, 11) is 0. The fourth-order valence-electron chi connectivity index (χ4n) is 1.73. The summed E-state index contributed by atoms with van der Waals surface area (Å²) in [4.78, 5) is 4.29. The van der Waals surface area contributed by atoms with Crippen LogP contribution >= 0.6 is 0 Å². The second kappa shape index (κ2) is 3.90. The van der Waals surface area contributed by atoms with E-state index in [1.165, 1.54) is 0 Å². The number of hydrogen-bond donors (Lipinski definition) is 1. The molecule has 18 heavy (non-hydrogen) atoms. The number of aromatic nitrogens is 1. The highest BCUT2D eigenvalue weighted by Gasteiger charge is 2.08. The van der Waals surface area contributed by atoms with Gasteiger partial charge in [0.1, 0.15) is 11.3 Å². The Balaban J connectivity index is 2.10. The van der Waals surface area contributed by atoms with Crippen LogP contribution in [0.5, 0.6) is 5.75 Å². The third-order valence-electron chi connectivity index (χ3n) is 2.63. The maximum absolute atomic E-state index is 9.36. The van der Waals surface area contributed by atoms with Crippen molar-refractivity contribution in [2.24, 2.45) is 0 Å². The number of phenols is 1. The van der Waals surface area contributed by atoms with E-state index in [9.17, 15) is 5.11 Å². The Kier molecular flexibility index (Phi) is 2.24. The van der Waals surface area contributed by atoms with Crippen LogP contribution in [0.15, 0.2) is 46.9 Å². The molecule has 0 aliphatic rings. The van der Waals surface area contributed by atoms with E-state index in [0.717, 1.165) is 5.56 Å². The molecule has 0 radical (unpaired) electrons. The van der Waals surface area contributed by atoms with Gasteiger partial charge in [-0.15, -0.1) is 0 Å². The third kappa shape index (κ3) is 1.68. The molecule has 3 rings (SSSR count). The van der Waals surface area contributed by atoms with Crippen LogP contribution in [0.3, 0.4) is 0 Å². The highest BCUT2D eigenvalue weighted by Crippen LogP contribution is 2.26. The molecule has 2 aromatic carbocycles. The summed E-state index contributed by atoms with van der Waals surface area (Å²) in [5, 5.41) is 18.1. The van der Waals surface area contributed by atoms with Crippen LogP contribution in [0.2, 0.25) is 0 Å². The number of oxazole rings is 1. The minimum absolute atomic E-state index is 0.155. The van der Waals surface area contributed by atoms with Crippen LogP contribution in [-0.2, 0) is 0 Å². The normalized spacial score (nSPS) is 10.4. The maximum Gasteiger partial charge on any atom is 0.227 e. The van der Waals surface area contributed by atoms with E-state index in [4.69, 9.17) is 9.68 Å². The molecule has 0 atom stereocenters. The van der Waals surface area contributed by atoms with Crippen molar-refractivity contribution in [3.8, 4) is 23.3 Å². The molecule has 4 nitrogen and oxygen atoms in total. The highest BCUT2D eigenvalue weighted by atomic mass is 16.3. The molecule has 4 heteroatoms. The number of aromatic hydroxyl groups is 1. The SMILES string of the molecule is N#Cc1ccc(-c2nc3cc(O)ccc3o2)cc1. The van der Waals surface area contributed by atoms with Gasteiger partial charge in [0.15, 0.2) is 5.58 Å². The standard InChI is InChI=1S/C14H8N2O2/c15-8-9-1-3-10(4-2-9)14-16-12-7-11(17)5-6-13(12)18-14/h1-7,17H. The Hall–Kier alpha value is -2.80. The van der Waals surface area contributed by atoms with Gasteiger partial charge >= 0.3 is 0 Å². The van der Waals surface area contributed by atoms with Crippen LogP contribution in [0, 0.1) is 11.3 Å². The van der Waals surface area contributed by atoms with Gasteiger partial charge in [-0.2, -0.15) is 5.26 Å². The summed E-state index contributed by atoms with van der Waals surface area (Å²) in [5.41, 5.74) is 2.61. The Morgan fingerprint density at radius 2 is 1.89 bits per heavy atom. The first-order valence-corrected chi connectivity index (χ1v) is 5.36. The van der Waals surface area contributed by atoms with Gasteiger partial charge in [-0.25, -0.2) is 4.98 Å². The second-order valence-corrected chi connectivity index (χ2v) is 3.86. The predicted molar refractivity (Wildman–Crippen MR) is 65.8 cm³/mol. The molecule has 0 fully saturated rings. The molecular formula is C14H8N2O2. The van der Waals surface area contributed by atoms with E-state index in [1.54, 1.807) is 42.5 Å². The fourth-order valence-corrected chi connectivity index (χ4v) is 1.73. The Morgan fingerprint density at radius 3 is 2.61 bits per heavy atom. The molecule has 86 valence electrons. The van der Waals surface area contributed by atoms with E-state index < -0.39 is 0 Å². The van der Waals surface area contributed by atoms with Gasteiger partial charge in [0, 0.05) is 11.6 Å². The van der Waals surface area contributed by atoms with Crippen LogP contribution in [0.25, 0.3) is 22.6 Å². The van der Waals surface area contributed by atoms with Crippen molar-refractivity contribution < 1.29 is 9.52 Å². The lowest BCUT2D eigenvalue weighted by Gasteiger charge is -1.93. The first-order valence-electron chi connectivity index (χ1n) is 5.36. The molecule has 0 saturated heterocycles. The predicted octanol–water partition coefficient (Wildman–Crippen LogP) is 3.07. The average molecular weight is 236 g/mol. The number of fused-ring (bicyclic) bond motifs is 1. The molecule has 0 bridgehead atoms. The van der Waals surface area contributed by atoms with E-state index in [0.29, 0.717) is 22.6 Å². The Labute approximate surface area is 103 Å². The van der Waals surface area contributed by atoms with Crippen molar-refractivity contribution in [2.75, 3.05) is 0 Å². The van der Waals surface area contributed by atoms with Crippen LogP contribution in [0.1, 0.15) is 5.56 Å². The van der Waals surface area contributed by atoms with Crippen molar-refractivity contribution >= 4 is 11.1 Å². The van der Waals surface area contributed by atoms with Crippen molar-refractivity contribution in [2.45, 2.75) is 0 Å². The van der Waals surface area contributed by atoms with E-state index in [1.807, 2.05) is 0 Å². The Morgan fingerprint density at radius 1 is 1.11 bits per heavy atom. The molecular weight excluding hydrogens is 228 g/mol. The first kappa shape index (κ1) is 10.4. The molecule has 0 spiro atoms. The summed E-state index contributed by atoms with van der Waals surface area (Å²) >= 11 is 0. The first-order chi connectivity index (χ1) is 8.76. The van der Waals surface area contributed by atoms with Crippen molar-refractivity contribution in [3.05, 3.63) is 48.0 Å². The smallest absolute Gasteiger partial charge is 0.227 e. The lowest BCUT2D eigenvalue weighted by Crippen LogP contribution is -1.78. The fraction of sp³-hybridized carbons (Fsp3) is 0. The zero-order chi connectivity index (χ0) is 12.5. The summed E-state index contributed by atoms with van der Waals surface area (Å²) in [6.07, 6.45) is 0. The number of phenolic OH excluding ortho intramolecular Hbond substituents is 1. The number of hydrogen-bond acceptors (Lipinski definition) is 4. The number of nitrogens with zero attached hydrogens (tertiary/aromatic N) is 2. The van der Waals surface area contributed by atoms with Gasteiger partial charge in [0.2, 0.25) is 5.89 Å². The zero-order valence-electron chi connectivity index (χ0n) is 9.29. The zero-order valence-corrected chi connectivity index (χ0v) is 9.29. The molecule has 0 aliphatic carbocycles. The molecule has 1 aromatic heterocycles. The van der Waals surface area contributed by atoms with Crippen LogP contribution in [-0.4, -0.2) is 10.1 Å². The summed E-state index contributed by atoms with van der Waals surface area (Å²) in [6.45, 7) is 0. The quantitative estimate of drug-likeness (QED) is 0.704. The molecule has 1 N–H and O–H groups in total. The van der Waals surface area contributed by atoms with Gasteiger partial charge in [-0.3, -0.25) is 0 Å². The summed E-state index contributed by atoms with van der Waals surface area (Å²) in [6, 6.07) is 13.8. The molecule has 3 aromatic rings. The monoisotopic (exact) mass is 236 g/mol. The lowest BCUT2D eigenvalue weighted by molar-refractivity contribution is 0.476. The minimum atomic E-state index is 0.155. The van der Waals surface area contributed by atoms with Gasteiger partial charge in [-0.1, -0.05) is 0 Å². The molecule has 0 amide bonds. The molecule has 0 unspecified atom stereocenters. The van der Waals surface area contributed by atoms with Gasteiger partial charge in [0.05, 0.1) is 11.6 Å². The summed E-state index contributed by atoms with van der Waals surface area (Å²) in [5.74, 6) is 0.627. The lowest BCUT2D eigenvalue weighted by atomic mass is 10.1. The van der Waals surface area contributed by atoms with Gasteiger partial charge < -0.3 is 9.52 Å². The number of benzene rings is 2. The van der Waals surface area contributed by atoms with Crippen LogP contribution < -0.4 is 0 Å². The van der Waals surface area contributed by atoms with E-state index in [2.05, 4.69) is 11.1 Å². The van der Waals surface area contributed by atoms with Crippen molar-refractivity contribution in [1.29, 1.82) is 5.26 Å². The van der Waals surface area contributed by atoms with E-state index in [-0.39, 0.29) is 5.75 Å².